The summed E-state index contributed by atoms with van der Waals surface area (Å²) < 4.78 is 64.4. The maximum atomic E-state index is 16.7. The van der Waals surface area contributed by atoms with Crippen molar-refractivity contribution in [2.24, 2.45) is 13.0 Å². The molecule has 3 aromatic rings. The van der Waals surface area contributed by atoms with Crippen LogP contribution < -0.4 is 10.9 Å². The van der Waals surface area contributed by atoms with Crippen LogP contribution in [0.2, 0.25) is 5.02 Å². The summed E-state index contributed by atoms with van der Waals surface area (Å²) in [6.07, 6.45) is -2.52. The van der Waals surface area contributed by atoms with Crippen LogP contribution in [0.4, 0.5) is 23.2 Å². The lowest BCUT2D eigenvalue weighted by Gasteiger charge is -2.57. The molecule has 1 saturated heterocycles. The summed E-state index contributed by atoms with van der Waals surface area (Å²) in [7, 11) is 1.69. The molecule has 52 heavy (non-hydrogen) atoms. The van der Waals surface area contributed by atoms with Crippen molar-refractivity contribution in [2.75, 3.05) is 25.1 Å². The highest BCUT2D eigenvalue weighted by Crippen LogP contribution is 2.57. The highest BCUT2D eigenvalue weighted by Gasteiger charge is 2.63. The molecule has 1 spiro atoms. The molecular formula is C35H41ClF4N8O4. The first-order valence-corrected chi connectivity index (χ1v) is 17.7. The van der Waals surface area contributed by atoms with Crippen molar-refractivity contribution in [1.82, 2.24) is 34.7 Å². The fraction of sp³-hybridized carbons (Fsp3) is 0.514. The second-order valence-electron chi connectivity index (χ2n) is 13.3. The highest BCUT2D eigenvalue weighted by molar-refractivity contribution is 6.33. The number of alkyl halides is 4. The Balaban J connectivity index is 0.00000228. The van der Waals surface area contributed by atoms with Gasteiger partial charge in [-0.05, 0) is 68.4 Å². The van der Waals surface area contributed by atoms with Crippen LogP contribution >= 0.6 is 11.6 Å². The average molecular weight is 749 g/mol. The number of nitrogens with one attached hydrogen (secondary N) is 3. The molecule has 4 aliphatic rings. The Morgan fingerprint density at radius 2 is 1.96 bits per heavy atom. The molecule has 4 atom stereocenters. The van der Waals surface area contributed by atoms with Crippen LogP contribution in [0.15, 0.2) is 35.1 Å². The van der Waals surface area contributed by atoms with Gasteiger partial charge in [0.25, 0.3) is 11.5 Å². The highest BCUT2D eigenvalue weighted by atomic mass is 35.5. The van der Waals surface area contributed by atoms with Gasteiger partial charge in [0.2, 0.25) is 5.91 Å². The van der Waals surface area contributed by atoms with E-state index in [1.165, 1.54) is 0 Å². The zero-order chi connectivity index (χ0) is 37.5. The average Bonchev–Trinajstić information content (AvgIpc) is 3.64. The number of likely N-dealkylation sites (tertiary alicyclic amines) is 1. The standard InChI is InChI=1S/C33H35ClF4N8O4.C2H6/c1-17-13-24(41-40-17)30(48)45-10-9-32(20-4-6-25(20)45)26(35)15-23-28(32)31(49)46(43-29(44(2)42-23)18-7-11-50-12-8-18)16-27(47)39-22-5-3-19(14-21(22)34)33(36,37)38;1-2/h3,5,7,13-14,20,25-26,42H,4,6,8-12,15-16H2,1-2H3,(H,39,47)(H,40,41);1-2H3/t20?,25?,26-,32+;/m1./s1. The molecule has 3 N–H and O–H groups in total. The van der Waals surface area contributed by atoms with E-state index in [0.29, 0.717) is 50.1 Å². The number of anilines is 1. The molecule has 12 nitrogen and oxygen atoms in total. The maximum Gasteiger partial charge on any atom is 0.416 e. The number of H-pyrrole nitrogens is 2. The van der Waals surface area contributed by atoms with Gasteiger partial charge < -0.3 is 20.1 Å². The third kappa shape index (κ3) is 6.66. The number of rotatable bonds is 5. The van der Waals surface area contributed by atoms with E-state index in [4.69, 9.17) is 16.3 Å². The molecule has 2 amide bonds. The second-order valence-corrected chi connectivity index (χ2v) is 13.7. The lowest BCUT2D eigenvalue weighted by atomic mass is 9.55. The van der Waals surface area contributed by atoms with Gasteiger partial charge in [0, 0.05) is 48.4 Å². The van der Waals surface area contributed by atoms with Gasteiger partial charge in [-0.1, -0.05) is 31.5 Å². The third-order valence-electron chi connectivity index (χ3n) is 10.4. The normalized spacial score (nSPS) is 23.4. The minimum absolute atomic E-state index is 0.0817. The van der Waals surface area contributed by atoms with E-state index < -0.39 is 41.3 Å². The van der Waals surface area contributed by atoms with Gasteiger partial charge in [-0.2, -0.15) is 18.3 Å². The van der Waals surface area contributed by atoms with Crippen molar-refractivity contribution in [2.45, 2.75) is 83.2 Å². The number of hydrogen-bond donors (Lipinski definition) is 3. The number of aryl methyl sites for hydroxylation is 2. The molecule has 4 heterocycles. The van der Waals surface area contributed by atoms with Crippen LogP contribution in [-0.2, 0) is 41.1 Å². The van der Waals surface area contributed by atoms with Crippen LogP contribution in [0.1, 0.15) is 78.4 Å². The van der Waals surface area contributed by atoms with Crippen molar-refractivity contribution in [3.63, 3.8) is 0 Å². The number of aromatic amines is 2. The van der Waals surface area contributed by atoms with Gasteiger partial charge in [-0.15, -0.1) is 5.10 Å². The maximum absolute atomic E-state index is 16.7. The monoisotopic (exact) mass is 748 g/mol. The lowest BCUT2D eigenvalue weighted by molar-refractivity contribution is -0.137. The summed E-state index contributed by atoms with van der Waals surface area (Å²) >= 11 is 6.10. The van der Waals surface area contributed by atoms with Crippen molar-refractivity contribution < 1.29 is 31.9 Å². The Hall–Kier alpha value is -4.44. The summed E-state index contributed by atoms with van der Waals surface area (Å²) in [5, 5.41) is 16.9. The van der Waals surface area contributed by atoms with E-state index in [2.05, 4.69) is 25.7 Å². The molecule has 7 rings (SSSR count). The first kappa shape index (κ1) is 37.3. The number of fused-ring (bicyclic) bond motifs is 4. The molecular weight excluding hydrogens is 708 g/mol. The van der Waals surface area contributed by atoms with E-state index in [9.17, 15) is 27.6 Å². The smallest absolute Gasteiger partial charge is 0.377 e. The van der Waals surface area contributed by atoms with E-state index in [0.717, 1.165) is 28.1 Å². The van der Waals surface area contributed by atoms with Crippen LogP contribution in [0.25, 0.3) is 5.57 Å². The summed E-state index contributed by atoms with van der Waals surface area (Å²) in [4.78, 5) is 43.4. The van der Waals surface area contributed by atoms with Crippen LogP contribution in [0.3, 0.4) is 0 Å². The van der Waals surface area contributed by atoms with Gasteiger partial charge >= 0.3 is 6.18 Å². The Labute approximate surface area is 301 Å². The SMILES string of the molecule is CC.Cc1cc(C(=O)N2CC[C@]3(c4c([nH]n(C)c(C5=CCOCC5)nn(CC(=O)Nc5ccc(C(F)(F)F)cc5Cl)c4=O)C[C@H]3F)C3CCC32)n[nH]1. The molecule has 17 heteroatoms. The van der Waals surface area contributed by atoms with Gasteiger partial charge in [-0.25, -0.2) is 9.07 Å². The molecule has 1 saturated carbocycles. The van der Waals surface area contributed by atoms with Crippen LogP contribution in [-0.4, -0.2) is 78.4 Å². The number of carbonyl (C=O) groups is 2. The van der Waals surface area contributed by atoms with E-state index in [-0.39, 0.29) is 59.2 Å². The summed E-state index contributed by atoms with van der Waals surface area (Å²) in [5.74, 6) is -1.09. The molecule has 2 fully saturated rings. The molecule has 280 valence electrons. The summed E-state index contributed by atoms with van der Waals surface area (Å²) in [6.45, 7) is 6.06. The number of nitrogens with zero attached hydrogens (tertiary/aromatic N) is 5. The largest absolute Gasteiger partial charge is 0.416 e. The number of aromatic nitrogens is 6. The number of piperidine rings is 1. The van der Waals surface area contributed by atoms with E-state index in [1.54, 1.807) is 29.6 Å². The molecule has 0 bridgehead atoms. The minimum Gasteiger partial charge on any atom is -0.377 e. The zero-order valence-electron chi connectivity index (χ0n) is 29.2. The first-order chi connectivity index (χ1) is 24.8. The summed E-state index contributed by atoms with van der Waals surface area (Å²) in [6, 6.07) is 3.87. The van der Waals surface area contributed by atoms with E-state index in [1.807, 2.05) is 19.9 Å². The third-order valence-corrected chi connectivity index (χ3v) is 10.7. The molecule has 2 aromatic heterocycles. The topological polar surface area (TPSA) is 143 Å². The zero-order valence-corrected chi connectivity index (χ0v) is 30.0. The van der Waals surface area contributed by atoms with Gasteiger partial charge in [0.15, 0.2) is 5.82 Å². The molecule has 2 unspecified atom stereocenters. The minimum atomic E-state index is -4.63. The quantitative estimate of drug-likeness (QED) is 0.288. The number of carbonyl (C=O) groups excluding carboxylic acids is 2. The van der Waals surface area contributed by atoms with Gasteiger partial charge in [-0.3, -0.25) is 24.2 Å². The van der Waals surface area contributed by atoms with Crippen molar-refractivity contribution >= 4 is 34.7 Å². The molecule has 2 aliphatic carbocycles. The molecule has 1 aromatic carbocycles. The fourth-order valence-electron chi connectivity index (χ4n) is 7.92. The number of hydrogen-bond acceptors (Lipinski definition) is 6. The lowest BCUT2D eigenvalue weighted by Crippen LogP contribution is -2.65. The predicted octanol–water partition coefficient (Wildman–Crippen LogP) is 5.66. The Morgan fingerprint density at radius 1 is 1.19 bits per heavy atom. The predicted molar refractivity (Wildman–Crippen MR) is 185 cm³/mol. The van der Waals surface area contributed by atoms with Crippen molar-refractivity contribution in [3.05, 3.63) is 79.8 Å². The van der Waals surface area contributed by atoms with E-state index >= 15 is 4.39 Å². The second kappa shape index (κ2) is 14.5. The van der Waals surface area contributed by atoms with Crippen LogP contribution in [0, 0.1) is 12.8 Å². The number of benzene rings is 1. The number of ether oxygens (including phenoxy) is 1. The molecule has 2 aliphatic heterocycles. The Morgan fingerprint density at radius 3 is 2.58 bits per heavy atom. The van der Waals surface area contributed by atoms with Crippen molar-refractivity contribution in [3.8, 4) is 0 Å². The Bertz CT molecular complexity index is 2010. The van der Waals surface area contributed by atoms with Gasteiger partial charge in [0.05, 0.1) is 29.5 Å². The number of amides is 2. The van der Waals surface area contributed by atoms with Crippen LogP contribution in [0.5, 0.6) is 0 Å². The summed E-state index contributed by atoms with van der Waals surface area (Å²) in [5.41, 5.74) is -0.698. The van der Waals surface area contributed by atoms with Gasteiger partial charge in [0.1, 0.15) is 18.4 Å². The Kier molecular flexibility index (Phi) is 10.4. The number of halogens is 5. The first-order valence-electron chi connectivity index (χ1n) is 17.3. The fourth-order valence-corrected chi connectivity index (χ4v) is 8.14. The molecule has 0 radical (unpaired) electrons. The van der Waals surface area contributed by atoms with Crippen molar-refractivity contribution in [1.29, 1.82) is 0 Å².